The third kappa shape index (κ3) is 4.04. The van der Waals surface area contributed by atoms with Gasteiger partial charge in [-0.25, -0.2) is 9.50 Å². The van der Waals surface area contributed by atoms with E-state index in [2.05, 4.69) is 82.5 Å². The molecule has 1 aliphatic heterocycles. The molecule has 7 heteroatoms. The lowest BCUT2D eigenvalue weighted by Crippen LogP contribution is -2.32. The van der Waals surface area contributed by atoms with E-state index in [0.29, 0.717) is 11.8 Å². The Bertz CT molecular complexity index is 1490. The summed E-state index contributed by atoms with van der Waals surface area (Å²) in [6, 6.07) is 11.2. The second-order valence-corrected chi connectivity index (χ2v) is 10.3. The maximum absolute atomic E-state index is 4.51. The Labute approximate surface area is 205 Å². The molecule has 1 N–H and O–H groups in total. The van der Waals surface area contributed by atoms with Gasteiger partial charge in [0.1, 0.15) is 6.33 Å². The van der Waals surface area contributed by atoms with E-state index in [1.54, 1.807) is 6.33 Å². The van der Waals surface area contributed by atoms with Crippen LogP contribution in [0.25, 0.3) is 27.8 Å². The number of aryl methyl sites for hydroxylation is 2. The van der Waals surface area contributed by atoms with Gasteiger partial charge in [-0.3, -0.25) is 9.58 Å². The lowest BCUT2D eigenvalue weighted by molar-refractivity contribution is 0.204. The number of pyridine rings is 1. The fourth-order valence-corrected chi connectivity index (χ4v) is 5.75. The predicted octanol–water partition coefficient (Wildman–Crippen LogP) is 5.42. The number of rotatable bonds is 5. The fraction of sp³-hybridized carbons (Fsp3) is 0.393. The van der Waals surface area contributed by atoms with Crippen LogP contribution in [0.15, 0.2) is 49.1 Å². The molecule has 0 amide bonds. The van der Waals surface area contributed by atoms with Crippen LogP contribution in [0.1, 0.15) is 60.9 Å². The first-order valence-corrected chi connectivity index (χ1v) is 12.6. The van der Waals surface area contributed by atoms with Crippen molar-refractivity contribution in [3.63, 3.8) is 0 Å². The number of nitrogens with zero attached hydrogens (tertiary/aromatic N) is 6. The van der Waals surface area contributed by atoms with Gasteiger partial charge in [0.05, 0.1) is 11.4 Å². The molecular weight excluding hydrogens is 434 g/mol. The van der Waals surface area contributed by atoms with Crippen molar-refractivity contribution in [1.82, 2.24) is 34.3 Å². The van der Waals surface area contributed by atoms with Gasteiger partial charge in [-0.2, -0.15) is 10.2 Å². The van der Waals surface area contributed by atoms with Crippen molar-refractivity contribution >= 4 is 16.6 Å². The molecule has 0 radical (unpaired) electrons. The Morgan fingerprint density at radius 2 is 1.91 bits per heavy atom. The van der Waals surface area contributed by atoms with Gasteiger partial charge in [-0.1, -0.05) is 19.9 Å². The zero-order valence-corrected chi connectivity index (χ0v) is 21.0. The Morgan fingerprint density at radius 1 is 1.09 bits per heavy atom. The van der Waals surface area contributed by atoms with Crippen LogP contribution in [0.3, 0.4) is 0 Å². The summed E-state index contributed by atoms with van der Waals surface area (Å²) in [6.45, 7) is 9.94. The molecule has 1 saturated heterocycles. The van der Waals surface area contributed by atoms with E-state index >= 15 is 0 Å². The molecule has 4 aromatic heterocycles. The average molecular weight is 468 g/mol. The van der Waals surface area contributed by atoms with Crippen LogP contribution >= 0.6 is 0 Å². The van der Waals surface area contributed by atoms with Crippen molar-refractivity contribution in [1.29, 1.82) is 0 Å². The Hall–Kier alpha value is -3.45. The number of piperidine rings is 1. The first-order chi connectivity index (χ1) is 17.0. The number of aromatic amines is 1. The molecule has 0 atom stereocenters. The molecule has 1 aromatic carbocycles. The molecule has 0 saturated carbocycles. The lowest BCUT2D eigenvalue weighted by Gasteiger charge is -2.32. The Balaban J connectivity index is 1.26. The van der Waals surface area contributed by atoms with Crippen LogP contribution in [0.2, 0.25) is 0 Å². The number of H-pyrrole nitrogens is 1. The largest absolute Gasteiger partial charge is 0.354 e. The summed E-state index contributed by atoms with van der Waals surface area (Å²) in [5.41, 5.74) is 9.73. The van der Waals surface area contributed by atoms with Crippen molar-refractivity contribution in [2.45, 2.75) is 52.0 Å². The normalized spacial score (nSPS) is 15.7. The molecule has 1 fully saturated rings. The zero-order valence-electron chi connectivity index (χ0n) is 21.0. The molecule has 35 heavy (non-hydrogen) atoms. The number of nitrogens with one attached hydrogen (secondary N) is 1. The molecule has 0 spiro atoms. The van der Waals surface area contributed by atoms with Crippen LogP contribution in [0.4, 0.5) is 0 Å². The van der Waals surface area contributed by atoms with Crippen LogP contribution in [-0.4, -0.2) is 47.4 Å². The maximum atomic E-state index is 4.51. The minimum absolute atomic E-state index is 0.407. The molecule has 0 unspecified atom stereocenters. The smallest absolute Gasteiger partial charge is 0.155 e. The van der Waals surface area contributed by atoms with Gasteiger partial charge in [-0.15, -0.1) is 0 Å². The molecular formula is C28H33N7. The van der Waals surface area contributed by atoms with Crippen molar-refractivity contribution in [3.05, 3.63) is 71.4 Å². The molecule has 6 rings (SSSR count). The third-order valence-corrected chi connectivity index (χ3v) is 7.57. The van der Waals surface area contributed by atoms with E-state index in [9.17, 15) is 0 Å². The quantitative estimate of drug-likeness (QED) is 0.375. The van der Waals surface area contributed by atoms with E-state index in [-0.39, 0.29) is 0 Å². The summed E-state index contributed by atoms with van der Waals surface area (Å²) in [5.74, 6) is 1.01. The first-order valence-electron chi connectivity index (χ1n) is 12.6. The number of benzene rings is 1. The summed E-state index contributed by atoms with van der Waals surface area (Å²) in [4.78, 5) is 10.6. The van der Waals surface area contributed by atoms with E-state index in [1.807, 2.05) is 22.3 Å². The van der Waals surface area contributed by atoms with Crippen molar-refractivity contribution in [2.24, 2.45) is 7.05 Å². The predicted molar refractivity (Wildman–Crippen MR) is 140 cm³/mol. The summed E-state index contributed by atoms with van der Waals surface area (Å²) in [7, 11) is 2.00. The molecule has 0 bridgehead atoms. The van der Waals surface area contributed by atoms with Crippen LogP contribution < -0.4 is 0 Å². The highest BCUT2D eigenvalue weighted by molar-refractivity contribution is 5.92. The minimum atomic E-state index is 0.407. The number of fused-ring (bicyclic) bond motifs is 2. The lowest BCUT2D eigenvalue weighted by atomic mass is 9.87. The molecule has 180 valence electrons. The van der Waals surface area contributed by atoms with Gasteiger partial charge in [-0.05, 0) is 80.1 Å². The van der Waals surface area contributed by atoms with Gasteiger partial charge in [0.2, 0.25) is 0 Å². The second kappa shape index (κ2) is 8.64. The minimum Gasteiger partial charge on any atom is -0.354 e. The zero-order chi connectivity index (χ0) is 24.1. The van der Waals surface area contributed by atoms with Gasteiger partial charge < -0.3 is 4.98 Å². The van der Waals surface area contributed by atoms with Crippen molar-refractivity contribution < 1.29 is 0 Å². The SMILES string of the molecule is Cc1nn(C)cc1CN1CCC(c2ccc3[nH]c(-c4ccc5ncnn5c4)c(C(C)C)c3c2)CC1. The summed E-state index contributed by atoms with van der Waals surface area (Å²) < 4.78 is 3.77. The van der Waals surface area contributed by atoms with E-state index in [0.717, 1.165) is 36.5 Å². The van der Waals surface area contributed by atoms with Crippen molar-refractivity contribution in [2.75, 3.05) is 13.1 Å². The monoisotopic (exact) mass is 467 g/mol. The number of hydrogen-bond donors (Lipinski definition) is 1. The second-order valence-electron chi connectivity index (χ2n) is 10.3. The molecule has 5 aromatic rings. The summed E-state index contributed by atoms with van der Waals surface area (Å²) in [6.07, 6.45) is 8.22. The van der Waals surface area contributed by atoms with Crippen LogP contribution in [0.5, 0.6) is 0 Å². The summed E-state index contributed by atoms with van der Waals surface area (Å²) >= 11 is 0. The van der Waals surface area contributed by atoms with Gasteiger partial charge in [0.15, 0.2) is 5.65 Å². The third-order valence-electron chi connectivity index (χ3n) is 7.57. The number of hydrogen-bond acceptors (Lipinski definition) is 4. The van der Waals surface area contributed by atoms with Gasteiger partial charge >= 0.3 is 0 Å². The van der Waals surface area contributed by atoms with E-state index in [1.165, 1.54) is 46.1 Å². The highest BCUT2D eigenvalue weighted by Gasteiger charge is 2.23. The van der Waals surface area contributed by atoms with Crippen molar-refractivity contribution in [3.8, 4) is 11.3 Å². The maximum Gasteiger partial charge on any atom is 0.155 e. The van der Waals surface area contributed by atoms with E-state index < -0.39 is 0 Å². The van der Waals surface area contributed by atoms with Gasteiger partial charge in [0, 0.05) is 48.0 Å². The number of aromatic nitrogens is 6. The Morgan fingerprint density at radius 3 is 2.66 bits per heavy atom. The van der Waals surface area contributed by atoms with Gasteiger partial charge in [0.25, 0.3) is 0 Å². The molecule has 1 aliphatic rings. The molecule has 5 heterocycles. The average Bonchev–Trinajstić information content (AvgIpc) is 3.55. The van der Waals surface area contributed by atoms with Crippen LogP contribution in [-0.2, 0) is 13.6 Å². The Kier molecular flexibility index (Phi) is 5.44. The standard InChI is InChI=1S/C28H33N7/c1-18(2)27-24-13-21(20-9-11-34(12-10-20)15-23-14-33(4)32-19(23)3)5-7-25(24)31-28(27)22-6-8-26-29-17-30-35(26)16-22/h5-8,13-14,16-18,20,31H,9-12,15H2,1-4H3. The topological polar surface area (TPSA) is 67.0 Å². The van der Waals surface area contributed by atoms with E-state index in [4.69, 9.17) is 0 Å². The molecule has 0 aliphatic carbocycles. The summed E-state index contributed by atoms with van der Waals surface area (Å²) in [5, 5.41) is 10.2. The highest BCUT2D eigenvalue weighted by Crippen LogP contribution is 2.38. The highest BCUT2D eigenvalue weighted by atomic mass is 15.3. The number of likely N-dealkylation sites (tertiary alicyclic amines) is 1. The van der Waals surface area contributed by atoms with Crippen LogP contribution in [0, 0.1) is 6.92 Å². The first kappa shape index (κ1) is 22.0. The molecule has 7 nitrogen and oxygen atoms in total. The fourth-order valence-electron chi connectivity index (χ4n) is 5.75.